The molecule has 0 spiro atoms. The minimum atomic E-state index is -0.104. The molecule has 1 unspecified atom stereocenters. The number of urea groups is 1. The molecule has 1 atom stereocenters. The lowest BCUT2D eigenvalue weighted by Gasteiger charge is -2.26. The van der Waals surface area contributed by atoms with E-state index >= 15 is 0 Å². The van der Waals surface area contributed by atoms with Crippen LogP contribution in [-0.2, 0) is 0 Å². The zero-order valence-electron chi connectivity index (χ0n) is 13.1. The van der Waals surface area contributed by atoms with Gasteiger partial charge in [-0.25, -0.2) is 4.79 Å². The van der Waals surface area contributed by atoms with Crippen molar-refractivity contribution >= 4 is 17.6 Å². The molecule has 1 fully saturated rings. The van der Waals surface area contributed by atoms with Crippen LogP contribution in [-0.4, -0.2) is 62.6 Å². The van der Waals surface area contributed by atoms with Gasteiger partial charge in [0.2, 0.25) is 5.95 Å². The molecule has 1 aliphatic heterocycles. The Hall–Kier alpha value is -2.15. The van der Waals surface area contributed by atoms with Crippen LogP contribution in [0.4, 0.5) is 10.7 Å². The molecular formula is C15H22N6O. The SMILES string of the molecule is CCN(CC)C1CCN(C(=O)Nc2nnc3ccccn23)C1. The van der Waals surface area contributed by atoms with Crippen LogP contribution in [0.1, 0.15) is 20.3 Å². The second-order valence-corrected chi connectivity index (χ2v) is 5.49. The topological polar surface area (TPSA) is 65.8 Å². The molecule has 7 nitrogen and oxygen atoms in total. The minimum Gasteiger partial charge on any atom is -0.323 e. The Morgan fingerprint density at radius 2 is 2.18 bits per heavy atom. The summed E-state index contributed by atoms with van der Waals surface area (Å²) in [5.41, 5.74) is 0.722. The maximum absolute atomic E-state index is 12.4. The highest BCUT2D eigenvalue weighted by Gasteiger charge is 2.29. The van der Waals surface area contributed by atoms with E-state index in [9.17, 15) is 4.79 Å². The van der Waals surface area contributed by atoms with E-state index in [1.54, 1.807) is 4.40 Å². The number of carbonyl (C=O) groups is 1. The number of pyridine rings is 1. The van der Waals surface area contributed by atoms with E-state index in [4.69, 9.17) is 0 Å². The highest BCUT2D eigenvalue weighted by molar-refractivity contribution is 5.88. The summed E-state index contributed by atoms with van der Waals surface area (Å²) in [6.45, 7) is 7.91. The average molecular weight is 302 g/mol. The van der Waals surface area contributed by atoms with Crippen LogP contribution >= 0.6 is 0 Å². The summed E-state index contributed by atoms with van der Waals surface area (Å²) in [6.07, 6.45) is 2.86. The molecule has 22 heavy (non-hydrogen) atoms. The second-order valence-electron chi connectivity index (χ2n) is 5.49. The first-order valence-corrected chi connectivity index (χ1v) is 7.82. The molecule has 2 amide bonds. The molecule has 2 aromatic heterocycles. The summed E-state index contributed by atoms with van der Waals surface area (Å²) in [5.74, 6) is 0.465. The number of carbonyl (C=O) groups excluding carboxylic acids is 1. The van der Waals surface area contributed by atoms with Crippen molar-refractivity contribution in [3.05, 3.63) is 24.4 Å². The van der Waals surface area contributed by atoms with Crippen molar-refractivity contribution in [2.75, 3.05) is 31.5 Å². The lowest BCUT2D eigenvalue weighted by Crippen LogP contribution is -2.40. The molecule has 0 bridgehead atoms. The van der Waals surface area contributed by atoms with Gasteiger partial charge in [-0.15, -0.1) is 10.2 Å². The van der Waals surface area contributed by atoms with Gasteiger partial charge < -0.3 is 4.90 Å². The molecule has 0 radical (unpaired) electrons. The third-order valence-corrected chi connectivity index (χ3v) is 4.31. The summed E-state index contributed by atoms with van der Waals surface area (Å²) in [4.78, 5) is 16.7. The summed E-state index contributed by atoms with van der Waals surface area (Å²) < 4.78 is 1.77. The Morgan fingerprint density at radius 3 is 2.95 bits per heavy atom. The van der Waals surface area contributed by atoms with Gasteiger partial charge in [-0.3, -0.25) is 14.6 Å². The predicted octanol–water partition coefficient (Wildman–Crippen LogP) is 1.68. The van der Waals surface area contributed by atoms with Crippen LogP contribution in [0.2, 0.25) is 0 Å². The van der Waals surface area contributed by atoms with Gasteiger partial charge in [0.05, 0.1) is 0 Å². The van der Waals surface area contributed by atoms with Gasteiger partial charge in [-0.05, 0) is 31.6 Å². The van der Waals surface area contributed by atoms with Crippen molar-refractivity contribution in [2.45, 2.75) is 26.3 Å². The zero-order valence-corrected chi connectivity index (χ0v) is 13.1. The van der Waals surface area contributed by atoms with Crippen molar-refractivity contribution in [1.29, 1.82) is 0 Å². The number of nitrogens with zero attached hydrogens (tertiary/aromatic N) is 5. The fourth-order valence-electron chi connectivity index (χ4n) is 3.07. The molecule has 1 saturated heterocycles. The molecule has 3 rings (SSSR count). The zero-order chi connectivity index (χ0) is 15.5. The first-order valence-electron chi connectivity index (χ1n) is 7.82. The molecule has 0 saturated carbocycles. The van der Waals surface area contributed by atoms with E-state index < -0.39 is 0 Å². The van der Waals surface area contributed by atoms with E-state index in [2.05, 4.69) is 34.3 Å². The number of hydrogen-bond donors (Lipinski definition) is 1. The molecule has 3 heterocycles. The lowest BCUT2D eigenvalue weighted by atomic mass is 10.2. The predicted molar refractivity (Wildman–Crippen MR) is 84.9 cm³/mol. The van der Waals surface area contributed by atoms with Gasteiger partial charge in [-0.1, -0.05) is 19.9 Å². The Bertz CT molecular complexity index is 650. The highest BCUT2D eigenvalue weighted by Crippen LogP contribution is 2.17. The fraction of sp³-hybridized carbons (Fsp3) is 0.533. The van der Waals surface area contributed by atoms with Crippen LogP contribution in [0.25, 0.3) is 5.65 Å². The third kappa shape index (κ3) is 2.76. The number of nitrogens with one attached hydrogen (secondary N) is 1. The first kappa shape index (κ1) is 14.8. The van der Waals surface area contributed by atoms with Gasteiger partial charge in [0.15, 0.2) is 5.65 Å². The molecule has 1 aliphatic rings. The van der Waals surface area contributed by atoms with Crippen LogP contribution < -0.4 is 5.32 Å². The van der Waals surface area contributed by atoms with Crippen molar-refractivity contribution in [3.8, 4) is 0 Å². The second kappa shape index (κ2) is 6.31. The lowest BCUT2D eigenvalue weighted by molar-refractivity contribution is 0.202. The molecule has 2 aromatic rings. The summed E-state index contributed by atoms with van der Waals surface area (Å²) in [5, 5.41) is 10.9. The van der Waals surface area contributed by atoms with Crippen LogP contribution in [0.5, 0.6) is 0 Å². The van der Waals surface area contributed by atoms with Crippen LogP contribution in [0.3, 0.4) is 0 Å². The fourth-order valence-corrected chi connectivity index (χ4v) is 3.07. The number of rotatable bonds is 4. The van der Waals surface area contributed by atoms with Crippen molar-refractivity contribution in [1.82, 2.24) is 24.4 Å². The van der Waals surface area contributed by atoms with Gasteiger partial charge >= 0.3 is 6.03 Å². The summed E-state index contributed by atoms with van der Waals surface area (Å²) in [7, 11) is 0. The number of likely N-dealkylation sites (N-methyl/N-ethyl adjacent to an activating group) is 1. The Balaban J connectivity index is 1.66. The summed E-state index contributed by atoms with van der Waals surface area (Å²) in [6, 6.07) is 5.99. The third-order valence-electron chi connectivity index (χ3n) is 4.31. The standard InChI is InChI=1S/C15H22N6O/c1-3-19(4-2)12-8-10-20(11-12)15(22)16-14-18-17-13-7-5-6-9-21(13)14/h5-7,9,12H,3-4,8,10-11H2,1-2H3,(H,16,18,22). The average Bonchev–Trinajstić information content (AvgIpc) is 3.17. The van der Waals surface area contributed by atoms with E-state index in [1.807, 2.05) is 29.3 Å². The molecular weight excluding hydrogens is 280 g/mol. The van der Waals surface area contributed by atoms with E-state index in [0.29, 0.717) is 12.0 Å². The monoisotopic (exact) mass is 302 g/mol. The number of fused-ring (bicyclic) bond motifs is 1. The quantitative estimate of drug-likeness (QED) is 0.933. The maximum atomic E-state index is 12.4. The normalized spacial score (nSPS) is 18.3. The van der Waals surface area contributed by atoms with Crippen molar-refractivity contribution in [3.63, 3.8) is 0 Å². The Kier molecular flexibility index (Phi) is 4.24. The van der Waals surface area contributed by atoms with Gasteiger partial charge in [-0.2, -0.15) is 0 Å². The first-order chi connectivity index (χ1) is 10.7. The van der Waals surface area contributed by atoms with E-state index in [-0.39, 0.29) is 6.03 Å². The number of aromatic nitrogens is 3. The molecule has 0 aliphatic carbocycles. The molecule has 1 N–H and O–H groups in total. The van der Waals surface area contributed by atoms with Crippen LogP contribution in [0.15, 0.2) is 24.4 Å². The van der Waals surface area contributed by atoms with E-state index in [0.717, 1.165) is 38.2 Å². The number of hydrogen-bond acceptors (Lipinski definition) is 4. The van der Waals surface area contributed by atoms with Gasteiger partial charge in [0, 0.05) is 25.3 Å². The number of likely N-dealkylation sites (tertiary alicyclic amines) is 1. The molecule has 7 heteroatoms. The summed E-state index contributed by atoms with van der Waals surface area (Å²) >= 11 is 0. The maximum Gasteiger partial charge on any atom is 0.324 e. The van der Waals surface area contributed by atoms with Crippen molar-refractivity contribution in [2.24, 2.45) is 0 Å². The smallest absolute Gasteiger partial charge is 0.323 e. The number of anilines is 1. The largest absolute Gasteiger partial charge is 0.324 e. The van der Waals surface area contributed by atoms with Gasteiger partial charge in [0.25, 0.3) is 0 Å². The van der Waals surface area contributed by atoms with E-state index in [1.165, 1.54) is 0 Å². The molecule has 118 valence electrons. The van der Waals surface area contributed by atoms with Crippen LogP contribution in [0, 0.1) is 0 Å². The molecule has 0 aromatic carbocycles. The van der Waals surface area contributed by atoms with Crippen molar-refractivity contribution < 1.29 is 4.79 Å². The Labute approximate surface area is 129 Å². The highest BCUT2D eigenvalue weighted by atomic mass is 16.2. The Morgan fingerprint density at radius 1 is 1.36 bits per heavy atom. The van der Waals surface area contributed by atoms with Gasteiger partial charge in [0.1, 0.15) is 0 Å². The minimum absolute atomic E-state index is 0.104. The number of amides is 2.